The summed E-state index contributed by atoms with van der Waals surface area (Å²) in [4.78, 5) is 11.1. The molecule has 0 amide bonds. The summed E-state index contributed by atoms with van der Waals surface area (Å²) in [6.07, 6.45) is 5.95. The van der Waals surface area contributed by atoms with E-state index in [1.54, 1.807) is 0 Å². The number of piperidine rings is 1. The van der Waals surface area contributed by atoms with Gasteiger partial charge in [0.15, 0.2) is 5.13 Å². The molecule has 1 saturated heterocycles. The number of rotatable bonds is 2. The van der Waals surface area contributed by atoms with Gasteiger partial charge in [-0.05, 0) is 52.2 Å². The van der Waals surface area contributed by atoms with Crippen LogP contribution in [0.15, 0.2) is 0 Å². The largest absolute Gasteiger partial charge is 0.348 e. The highest BCUT2D eigenvalue weighted by Crippen LogP contribution is 2.36. The lowest BCUT2D eigenvalue weighted by Gasteiger charge is -2.34. The number of anilines is 1. The lowest BCUT2D eigenvalue weighted by Crippen LogP contribution is -2.42. The Morgan fingerprint density at radius 2 is 2.05 bits per heavy atom. The molecule has 1 aliphatic carbocycles. The summed E-state index contributed by atoms with van der Waals surface area (Å²) in [5, 5.41) is 1.18. The van der Waals surface area contributed by atoms with Crippen molar-refractivity contribution in [3.63, 3.8) is 0 Å². The first-order valence-corrected chi connectivity index (χ1v) is 8.13. The second kappa shape index (κ2) is 5.38. The molecule has 0 spiro atoms. The smallest absolute Gasteiger partial charge is 0.185 e. The Bertz CT molecular complexity index is 437. The molecule has 5 heteroatoms. The number of nitrogens with two attached hydrogens (primary N) is 1. The SMILES string of the molecule is CN1CCC(N(C)c2nc3c(s2)CCCC3N)CC1. The Morgan fingerprint density at radius 1 is 1.32 bits per heavy atom. The molecule has 1 unspecified atom stereocenters. The summed E-state index contributed by atoms with van der Waals surface area (Å²) in [5.74, 6) is 0. The van der Waals surface area contributed by atoms with E-state index in [1.165, 1.54) is 54.5 Å². The standard InChI is InChI=1S/C14H24N4S/c1-17-8-6-10(7-9-17)18(2)14-16-13-11(15)4-3-5-12(13)19-14/h10-11H,3-9,15H2,1-2H3. The maximum Gasteiger partial charge on any atom is 0.185 e. The van der Waals surface area contributed by atoms with Gasteiger partial charge >= 0.3 is 0 Å². The average molecular weight is 280 g/mol. The lowest BCUT2D eigenvalue weighted by atomic mass is 9.99. The number of likely N-dealkylation sites (tertiary alicyclic amines) is 1. The highest BCUT2D eigenvalue weighted by Gasteiger charge is 2.26. The van der Waals surface area contributed by atoms with E-state index >= 15 is 0 Å². The van der Waals surface area contributed by atoms with Gasteiger partial charge in [0, 0.05) is 24.0 Å². The van der Waals surface area contributed by atoms with Crippen molar-refractivity contribution in [1.29, 1.82) is 0 Å². The zero-order chi connectivity index (χ0) is 13.4. The van der Waals surface area contributed by atoms with Crippen LogP contribution < -0.4 is 10.6 Å². The quantitative estimate of drug-likeness (QED) is 0.900. The first-order chi connectivity index (χ1) is 9.15. The van der Waals surface area contributed by atoms with Gasteiger partial charge in [-0.3, -0.25) is 0 Å². The summed E-state index contributed by atoms with van der Waals surface area (Å²) < 4.78 is 0. The molecule has 2 aliphatic rings. The summed E-state index contributed by atoms with van der Waals surface area (Å²) in [7, 11) is 4.41. The number of fused-ring (bicyclic) bond motifs is 1. The topological polar surface area (TPSA) is 45.4 Å². The van der Waals surface area contributed by atoms with Gasteiger partial charge in [-0.15, -0.1) is 11.3 Å². The van der Waals surface area contributed by atoms with Crippen molar-refractivity contribution in [2.45, 2.75) is 44.2 Å². The molecule has 1 atom stereocenters. The number of aromatic nitrogens is 1. The summed E-state index contributed by atoms with van der Waals surface area (Å²) in [5.41, 5.74) is 7.35. The van der Waals surface area contributed by atoms with E-state index in [2.05, 4.69) is 23.9 Å². The molecular formula is C14H24N4S. The van der Waals surface area contributed by atoms with E-state index in [0.29, 0.717) is 6.04 Å². The third-order valence-corrected chi connectivity index (χ3v) is 5.75. The van der Waals surface area contributed by atoms with Crippen molar-refractivity contribution in [3.05, 3.63) is 10.6 Å². The normalized spacial score (nSPS) is 25.3. The third-order valence-electron chi connectivity index (χ3n) is 4.52. The van der Waals surface area contributed by atoms with Crippen molar-refractivity contribution in [1.82, 2.24) is 9.88 Å². The number of hydrogen-bond acceptors (Lipinski definition) is 5. The fourth-order valence-electron chi connectivity index (χ4n) is 3.13. The Hall–Kier alpha value is -0.650. The molecule has 2 N–H and O–H groups in total. The van der Waals surface area contributed by atoms with Crippen LogP contribution in [-0.2, 0) is 6.42 Å². The Kier molecular flexibility index (Phi) is 3.78. The van der Waals surface area contributed by atoms with Crippen molar-refractivity contribution in [3.8, 4) is 0 Å². The van der Waals surface area contributed by atoms with Gasteiger partial charge in [-0.25, -0.2) is 4.98 Å². The summed E-state index contributed by atoms with van der Waals surface area (Å²) >= 11 is 1.86. The first kappa shape index (κ1) is 13.3. The molecule has 4 nitrogen and oxygen atoms in total. The second-order valence-corrected chi connectivity index (χ2v) is 7.01. The number of aryl methyl sites for hydroxylation is 1. The van der Waals surface area contributed by atoms with Gasteiger partial charge in [0.2, 0.25) is 0 Å². The molecule has 1 fully saturated rings. The third kappa shape index (κ3) is 2.64. The molecular weight excluding hydrogens is 256 g/mol. The van der Waals surface area contributed by atoms with E-state index in [4.69, 9.17) is 10.7 Å². The van der Waals surface area contributed by atoms with Crippen LogP contribution in [0.1, 0.15) is 42.3 Å². The molecule has 106 valence electrons. The van der Waals surface area contributed by atoms with Crippen molar-refractivity contribution in [2.24, 2.45) is 5.73 Å². The Balaban J connectivity index is 1.75. The molecule has 0 radical (unpaired) electrons. The van der Waals surface area contributed by atoms with E-state index in [0.717, 1.165) is 6.42 Å². The van der Waals surface area contributed by atoms with Crippen LogP contribution >= 0.6 is 11.3 Å². The Labute approximate surface area is 119 Å². The average Bonchev–Trinajstić information content (AvgIpc) is 2.84. The van der Waals surface area contributed by atoms with E-state index in [9.17, 15) is 0 Å². The first-order valence-electron chi connectivity index (χ1n) is 7.31. The number of nitrogens with zero attached hydrogens (tertiary/aromatic N) is 3. The van der Waals surface area contributed by atoms with Crippen LogP contribution in [0.2, 0.25) is 0 Å². The molecule has 0 saturated carbocycles. The molecule has 0 aromatic carbocycles. The predicted octanol–water partition coefficient (Wildman–Crippen LogP) is 2.01. The predicted molar refractivity (Wildman–Crippen MR) is 80.9 cm³/mol. The fraction of sp³-hybridized carbons (Fsp3) is 0.786. The van der Waals surface area contributed by atoms with Crippen LogP contribution in [-0.4, -0.2) is 43.1 Å². The lowest BCUT2D eigenvalue weighted by molar-refractivity contribution is 0.253. The molecule has 2 heterocycles. The van der Waals surface area contributed by atoms with Gasteiger partial charge in [-0.1, -0.05) is 0 Å². The van der Waals surface area contributed by atoms with Gasteiger partial charge < -0.3 is 15.5 Å². The van der Waals surface area contributed by atoms with Crippen LogP contribution in [0, 0.1) is 0 Å². The molecule has 3 rings (SSSR count). The van der Waals surface area contributed by atoms with Crippen molar-refractivity contribution >= 4 is 16.5 Å². The van der Waals surface area contributed by atoms with Gasteiger partial charge in [0.05, 0.1) is 5.69 Å². The minimum atomic E-state index is 0.166. The minimum absolute atomic E-state index is 0.166. The maximum atomic E-state index is 6.18. The molecule has 1 aliphatic heterocycles. The highest BCUT2D eigenvalue weighted by atomic mass is 32.1. The molecule has 1 aromatic rings. The van der Waals surface area contributed by atoms with Crippen LogP contribution in [0.25, 0.3) is 0 Å². The number of hydrogen-bond donors (Lipinski definition) is 1. The minimum Gasteiger partial charge on any atom is -0.348 e. The van der Waals surface area contributed by atoms with Crippen molar-refractivity contribution in [2.75, 3.05) is 32.1 Å². The van der Waals surface area contributed by atoms with Crippen LogP contribution in [0.4, 0.5) is 5.13 Å². The van der Waals surface area contributed by atoms with Gasteiger partial charge in [0.25, 0.3) is 0 Å². The molecule has 1 aromatic heterocycles. The summed E-state index contributed by atoms with van der Waals surface area (Å²) in [6.45, 7) is 2.39. The second-order valence-electron chi connectivity index (χ2n) is 5.95. The van der Waals surface area contributed by atoms with E-state index in [-0.39, 0.29) is 6.04 Å². The fourth-order valence-corrected chi connectivity index (χ4v) is 4.33. The summed E-state index contributed by atoms with van der Waals surface area (Å²) in [6, 6.07) is 0.805. The zero-order valence-electron chi connectivity index (χ0n) is 11.9. The van der Waals surface area contributed by atoms with Crippen LogP contribution in [0.5, 0.6) is 0 Å². The Morgan fingerprint density at radius 3 is 2.74 bits per heavy atom. The number of thiazole rings is 1. The van der Waals surface area contributed by atoms with Crippen LogP contribution in [0.3, 0.4) is 0 Å². The van der Waals surface area contributed by atoms with E-state index < -0.39 is 0 Å². The van der Waals surface area contributed by atoms with E-state index in [1.807, 2.05) is 11.3 Å². The van der Waals surface area contributed by atoms with Gasteiger partial charge in [-0.2, -0.15) is 0 Å². The highest BCUT2D eigenvalue weighted by molar-refractivity contribution is 7.15. The molecule has 19 heavy (non-hydrogen) atoms. The van der Waals surface area contributed by atoms with Gasteiger partial charge in [0.1, 0.15) is 0 Å². The van der Waals surface area contributed by atoms with Crippen molar-refractivity contribution < 1.29 is 0 Å². The zero-order valence-corrected chi connectivity index (χ0v) is 12.7. The molecule has 0 bridgehead atoms. The maximum absolute atomic E-state index is 6.18. The monoisotopic (exact) mass is 280 g/mol.